The normalized spacial score (nSPS) is 12.3. The Morgan fingerprint density at radius 3 is 2.28 bits per heavy atom. The van der Waals surface area contributed by atoms with E-state index in [4.69, 9.17) is 9.47 Å². The molecule has 0 saturated heterocycles. The molecule has 0 bridgehead atoms. The van der Waals surface area contributed by atoms with Crippen molar-refractivity contribution in [1.82, 2.24) is 10.6 Å². The minimum absolute atomic E-state index is 0.130. The zero-order valence-corrected chi connectivity index (χ0v) is 18.9. The molecule has 0 spiro atoms. The van der Waals surface area contributed by atoms with Crippen LogP contribution in [0.15, 0.2) is 54.6 Å². The van der Waals surface area contributed by atoms with Gasteiger partial charge in [-0.2, -0.15) is 0 Å². The van der Waals surface area contributed by atoms with E-state index in [1.807, 2.05) is 37.3 Å². The van der Waals surface area contributed by atoms with Crippen molar-refractivity contribution in [3.63, 3.8) is 0 Å². The standard InChI is InChI=1S/C25H32N2O5/c1-4-5-15-31-22-13-11-21(12-14-22)25(30)27-17-23(28)32-19(3)24(29)26-16-18(2)20-9-7-6-8-10-20/h6-14,18-19H,4-5,15-17H2,1-3H3,(H,26,29)(H,27,30). The van der Waals surface area contributed by atoms with E-state index in [9.17, 15) is 14.4 Å². The number of benzene rings is 2. The lowest BCUT2D eigenvalue weighted by molar-refractivity contribution is -0.153. The van der Waals surface area contributed by atoms with Crippen LogP contribution in [0.3, 0.4) is 0 Å². The number of hydrogen-bond acceptors (Lipinski definition) is 5. The molecule has 0 aromatic heterocycles. The molecule has 0 radical (unpaired) electrons. The summed E-state index contributed by atoms with van der Waals surface area (Å²) in [5.41, 5.74) is 1.52. The Balaban J connectivity index is 1.71. The minimum Gasteiger partial charge on any atom is -0.494 e. The molecule has 32 heavy (non-hydrogen) atoms. The maximum atomic E-state index is 12.2. The molecule has 172 valence electrons. The summed E-state index contributed by atoms with van der Waals surface area (Å²) in [6.07, 6.45) is 1.05. The van der Waals surface area contributed by atoms with Gasteiger partial charge in [-0.25, -0.2) is 0 Å². The summed E-state index contributed by atoms with van der Waals surface area (Å²) < 4.78 is 10.7. The first-order valence-electron chi connectivity index (χ1n) is 10.9. The van der Waals surface area contributed by atoms with Crippen LogP contribution < -0.4 is 15.4 Å². The lowest BCUT2D eigenvalue weighted by Gasteiger charge is -2.17. The SMILES string of the molecule is CCCCOc1ccc(C(=O)NCC(=O)OC(C)C(=O)NCC(C)c2ccccc2)cc1. The van der Waals surface area contributed by atoms with Gasteiger partial charge in [0.1, 0.15) is 12.3 Å². The van der Waals surface area contributed by atoms with Crippen LogP contribution in [-0.4, -0.2) is 43.6 Å². The largest absolute Gasteiger partial charge is 0.494 e. The van der Waals surface area contributed by atoms with Crippen molar-refractivity contribution < 1.29 is 23.9 Å². The Morgan fingerprint density at radius 1 is 0.938 bits per heavy atom. The second kappa shape index (κ2) is 13.1. The highest BCUT2D eigenvalue weighted by atomic mass is 16.5. The Labute approximate surface area is 189 Å². The van der Waals surface area contributed by atoms with Gasteiger partial charge in [0, 0.05) is 12.1 Å². The van der Waals surface area contributed by atoms with Gasteiger partial charge in [0.05, 0.1) is 6.61 Å². The summed E-state index contributed by atoms with van der Waals surface area (Å²) in [7, 11) is 0. The number of amides is 2. The van der Waals surface area contributed by atoms with Crippen LogP contribution >= 0.6 is 0 Å². The van der Waals surface area contributed by atoms with Gasteiger partial charge in [-0.3, -0.25) is 14.4 Å². The molecule has 0 heterocycles. The second-order valence-electron chi connectivity index (χ2n) is 7.60. The zero-order chi connectivity index (χ0) is 23.3. The van der Waals surface area contributed by atoms with E-state index in [1.165, 1.54) is 6.92 Å². The molecule has 2 amide bonds. The monoisotopic (exact) mass is 440 g/mol. The summed E-state index contributed by atoms with van der Waals surface area (Å²) in [5, 5.41) is 5.29. The number of rotatable bonds is 12. The van der Waals surface area contributed by atoms with E-state index in [0.29, 0.717) is 24.5 Å². The fourth-order valence-electron chi connectivity index (χ4n) is 2.88. The average molecular weight is 441 g/mol. The van der Waals surface area contributed by atoms with Gasteiger partial charge in [-0.05, 0) is 49.1 Å². The Kier molecular flexibility index (Phi) is 10.2. The fraction of sp³-hybridized carbons (Fsp3) is 0.400. The third kappa shape index (κ3) is 8.41. The summed E-state index contributed by atoms with van der Waals surface area (Å²) in [6.45, 7) is 6.32. The van der Waals surface area contributed by atoms with Crippen LogP contribution in [0.25, 0.3) is 0 Å². The second-order valence-corrected chi connectivity index (χ2v) is 7.60. The van der Waals surface area contributed by atoms with Crippen LogP contribution in [0.2, 0.25) is 0 Å². The highest BCUT2D eigenvalue weighted by Crippen LogP contribution is 2.14. The van der Waals surface area contributed by atoms with Crippen molar-refractivity contribution in [2.45, 2.75) is 45.6 Å². The van der Waals surface area contributed by atoms with Crippen molar-refractivity contribution in [1.29, 1.82) is 0 Å². The molecule has 0 aliphatic carbocycles. The smallest absolute Gasteiger partial charge is 0.326 e. The molecule has 7 nitrogen and oxygen atoms in total. The number of hydrogen-bond donors (Lipinski definition) is 2. The van der Waals surface area contributed by atoms with Gasteiger partial charge in [-0.1, -0.05) is 50.6 Å². The van der Waals surface area contributed by atoms with Crippen LogP contribution in [0.5, 0.6) is 5.75 Å². The van der Waals surface area contributed by atoms with Gasteiger partial charge in [0.2, 0.25) is 0 Å². The number of esters is 1. The highest BCUT2D eigenvalue weighted by Gasteiger charge is 2.19. The van der Waals surface area contributed by atoms with E-state index in [-0.39, 0.29) is 18.4 Å². The molecule has 2 N–H and O–H groups in total. The molecule has 0 fully saturated rings. The van der Waals surface area contributed by atoms with E-state index >= 15 is 0 Å². The van der Waals surface area contributed by atoms with Crippen molar-refractivity contribution in [3.8, 4) is 5.75 Å². The molecular formula is C25H32N2O5. The topological polar surface area (TPSA) is 93.7 Å². The lowest BCUT2D eigenvalue weighted by Crippen LogP contribution is -2.39. The maximum Gasteiger partial charge on any atom is 0.326 e. The third-order valence-electron chi connectivity index (χ3n) is 4.90. The van der Waals surface area contributed by atoms with E-state index in [0.717, 1.165) is 18.4 Å². The Bertz CT molecular complexity index is 868. The van der Waals surface area contributed by atoms with Crippen LogP contribution in [0.1, 0.15) is 55.5 Å². The average Bonchev–Trinajstić information content (AvgIpc) is 2.81. The summed E-state index contributed by atoms with van der Waals surface area (Å²) in [5.74, 6) is -0.653. The molecule has 0 aliphatic heterocycles. The predicted molar refractivity (Wildman–Crippen MR) is 123 cm³/mol. The van der Waals surface area contributed by atoms with Gasteiger partial charge >= 0.3 is 5.97 Å². The molecular weight excluding hydrogens is 408 g/mol. The number of unbranched alkanes of at least 4 members (excludes halogenated alkanes) is 1. The molecule has 7 heteroatoms. The zero-order valence-electron chi connectivity index (χ0n) is 18.9. The van der Waals surface area contributed by atoms with E-state index in [2.05, 4.69) is 17.6 Å². The van der Waals surface area contributed by atoms with Crippen LogP contribution in [-0.2, 0) is 14.3 Å². The van der Waals surface area contributed by atoms with E-state index in [1.54, 1.807) is 24.3 Å². The van der Waals surface area contributed by atoms with Gasteiger partial charge in [0.15, 0.2) is 6.10 Å². The predicted octanol–water partition coefficient (Wildman–Crippen LogP) is 3.45. The van der Waals surface area contributed by atoms with Gasteiger partial charge in [-0.15, -0.1) is 0 Å². The van der Waals surface area contributed by atoms with Crippen LogP contribution in [0, 0.1) is 0 Å². The van der Waals surface area contributed by atoms with Crippen molar-refractivity contribution >= 4 is 17.8 Å². The molecule has 2 unspecified atom stereocenters. The molecule has 0 saturated carbocycles. The Hall–Kier alpha value is -3.35. The Morgan fingerprint density at radius 2 is 1.62 bits per heavy atom. The van der Waals surface area contributed by atoms with Gasteiger partial charge in [0.25, 0.3) is 11.8 Å². The fourth-order valence-corrected chi connectivity index (χ4v) is 2.88. The summed E-state index contributed by atoms with van der Waals surface area (Å²) in [4.78, 5) is 36.4. The first-order chi connectivity index (χ1) is 15.4. The highest BCUT2D eigenvalue weighted by molar-refractivity contribution is 5.96. The quantitative estimate of drug-likeness (QED) is 0.390. The van der Waals surface area contributed by atoms with Gasteiger partial charge < -0.3 is 20.1 Å². The number of nitrogens with one attached hydrogen (secondary N) is 2. The summed E-state index contributed by atoms with van der Waals surface area (Å²) in [6, 6.07) is 16.5. The molecule has 2 rings (SSSR count). The molecule has 2 aromatic rings. The first-order valence-corrected chi connectivity index (χ1v) is 10.9. The minimum atomic E-state index is -0.957. The molecule has 2 aromatic carbocycles. The van der Waals surface area contributed by atoms with E-state index < -0.39 is 18.0 Å². The summed E-state index contributed by atoms with van der Waals surface area (Å²) >= 11 is 0. The van der Waals surface area contributed by atoms with Crippen LogP contribution in [0.4, 0.5) is 0 Å². The number of ether oxygens (including phenoxy) is 2. The lowest BCUT2D eigenvalue weighted by atomic mass is 10.0. The molecule has 2 atom stereocenters. The van der Waals surface area contributed by atoms with Crippen molar-refractivity contribution in [2.24, 2.45) is 0 Å². The molecule has 0 aliphatic rings. The van der Waals surface area contributed by atoms with Crippen molar-refractivity contribution in [3.05, 3.63) is 65.7 Å². The number of carbonyl (C=O) groups excluding carboxylic acids is 3. The first kappa shape index (κ1) is 24.9. The van der Waals surface area contributed by atoms with Crippen molar-refractivity contribution in [2.75, 3.05) is 19.7 Å². The third-order valence-corrected chi connectivity index (χ3v) is 4.90. The maximum absolute atomic E-state index is 12.2. The number of carbonyl (C=O) groups is 3.